The number of nitrogens with zero attached hydrogens (tertiary/aromatic N) is 1. The number of carbonyl (C=O) groups is 1. The Balaban J connectivity index is 2.04. The molecule has 2 rings (SSSR count). The van der Waals surface area contributed by atoms with Gasteiger partial charge >= 0.3 is 0 Å². The number of pyridine rings is 1. The molecule has 21 heavy (non-hydrogen) atoms. The lowest BCUT2D eigenvalue weighted by Crippen LogP contribution is -2.23. The van der Waals surface area contributed by atoms with Crippen molar-refractivity contribution in [1.82, 2.24) is 10.3 Å². The first-order valence-electron chi connectivity index (χ1n) is 6.80. The van der Waals surface area contributed by atoms with Crippen molar-refractivity contribution < 1.29 is 9.53 Å². The molecule has 0 aliphatic carbocycles. The van der Waals surface area contributed by atoms with E-state index < -0.39 is 0 Å². The molecule has 110 valence electrons. The molecule has 0 aliphatic heterocycles. The summed E-state index contributed by atoms with van der Waals surface area (Å²) in [5.41, 5.74) is 7.60. The first kappa shape index (κ1) is 14.8. The maximum absolute atomic E-state index is 12.1. The predicted octanol–water partition coefficient (Wildman–Crippen LogP) is 2.38. The van der Waals surface area contributed by atoms with Gasteiger partial charge in [-0.3, -0.25) is 4.79 Å². The molecule has 0 saturated heterocycles. The number of benzene rings is 1. The van der Waals surface area contributed by atoms with Crippen molar-refractivity contribution in [3.05, 3.63) is 53.7 Å². The van der Waals surface area contributed by atoms with E-state index in [-0.39, 0.29) is 12.0 Å². The van der Waals surface area contributed by atoms with Gasteiger partial charge < -0.3 is 15.8 Å². The van der Waals surface area contributed by atoms with Gasteiger partial charge in [-0.25, -0.2) is 4.98 Å². The molecule has 0 atom stereocenters. The summed E-state index contributed by atoms with van der Waals surface area (Å²) in [5, 5.41) is 2.84. The van der Waals surface area contributed by atoms with Gasteiger partial charge in [0.1, 0.15) is 0 Å². The van der Waals surface area contributed by atoms with Crippen molar-refractivity contribution in [2.75, 3.05) is 5.73 Å². The quantitative estimate of drug-likeness (QED) is 0.827. The second-order valence-corrected chi connectivity index (χ2v) is 4.94. The highest BCUT2D eigenvalue weighted by Crippen LogP contribution is 2.16. The third kappa shape index (κ3) is 4.21. The minimum absolute atomic E-state index is 0.0308. The van der Waals surface area contributed by atoms with Gasteiger partial charge in [0, 0.05) is 29.6 Å². The Labute approximate surface area is 124 Å². The van der Waals surface area contributed by atoms with E-state index in [1.165, 1.54) is 0 Å². The monoisotopic (exact) mass is 285 g/mol. The van der Waals surface area contributed by atoms with Gasteiger partial charge in [-0.2, -0.15) is 0 Å². The number of rotatable bonds is 5. The van der Waals surface area contributed by atoms with Crippen molar-refractivity contribution in [2.45, 2.75) is 26.5 Å². The Morgan fingerprint density at radius 2 is 2.14 bits per heavy atom. The molecule has 1 heterocycles. The van der Waals surface area contributed by atoms with Crippen LogP contribution in [-0.4, -0.2) is 17.0 Å². The molecule has 1 amide bonds. The molecule has 1 aromatic carbocycles. The first-order valence-corrected chi connectivity index (χ1v) is 6.80. The minimum atomic E-state index is -0.179. The summed E-state index contributed by atoms with van der Waals surface area (Å²) in [6.07, 6.45) is 1.70. The zero-order valence-electron chi connectivity index (χ0n) is 12.2. The molecule has 2 aromatic rings. The van der Waals surface area contributed by atoms with Crippen LogP contribution in [0.3, 0.4) is 0 Å². The Bertz CT molecular complexity index is 626. The summed E-state index contributed by atoms with van der Waals surface area (Å²) in [6, 6.07) is 10.6. The van der Waals surface area contributed by atoms with E-state index in [0.717, 1.165) is 5.56 Å². The van der Waals surface area contributed by atoms with E-state index in [4.69, 9.17) is 10.5 Å². The van der Waals surface area contributed by atoms with Crippen molar-refractivity contribution in [3.8, 4) is 5.88 Å². The number of nitrogen functional groups attached to an aromatic ring is 1. The fourth-order valence-corrected chi connectivity index (χ4v) is 1.85. The first-order chi connectivity index (χ1) is 10.1. The summed E-state index contributed by atoms with van der Waals surface area (Å²) in [7, 11) is 0. The van der Waals surface area contributed by atoms with Gasteiger partial charge in [-0.1, -0.05) is 12.1 Å². The molecule has 5 heteroatoms. The summed E-state index contributed by atoms with van der Waals surface area (Å²) >= 11 is 0. The molecular weight excluding hydrogens is 266 g/mol. The van der Waals surface area contributed by atoms with Gasteiger partial charge in [0.25, 0.3) is 5.91 Å². The summed E-state index contributed by atoms with van der Waals surface area (Å²) in [5.74, 6) is 0.363. The third-order valence-electron chi connectivity index (χ3n) is 2.79. The molecule has 0 radical (unpaired) electrons. The van der Waals surface area contributed by atoms with Crippen LogP contribution in [0.15, 0.2) is 42.6 Å². The van der Waals surface area contributed by atoms with Gasteiger partial charge in [0.2, 0.25) is 5.88 Å². The molecular formula is C16H19N3O2. The standard InChI is InChI=1S/C16H19N3O2/c1-11(2)21-16-13(6-4-8-18-16)10-19-15(20)12-5-3-7-14(17)9-12/h3-9,11H,10,17H2,1-2H3,(H,19,20). The Hall–Kier alpha value is -2.56. The Morgan fingerprint density at radius 1 is 1.33 bits per heavy atom. The number of carbonyl (C=O) groups excluding carboxylic acids is 1. The lowest BCUT2D eigenvalue weighted by molar-refractivity contribution is 0.0950. The molecule has 0 spiro atoms. The van der Waals surface area contributed by atoms with E-state index in [0.29, 0.717) is 23.7 Å². The number of hydrogen-bond acceptors (Lipinski definition) is 4. The molecule has 0 saturated carbocycles. The van der Waals surface area contributed by atoms with Crippen LogP contribution in [0.5, 0.6) is 5.88 Å². The van der Waals surface area contributed by atoms with Crippen LogP contribution in [0.25, 0.3) is 0 Å². The maximum atomic E-state index is 12.1. The normalized spacial score (nSPS) is 10.4. The molecule has 0 bridgehead atoms. The predicted molar refractivity (Wildman–Crippen MR) is 82.0 cm³/mol. The second kappa shape index (κ2) is 6.74. The van der Waals surface area contributed by atoms with Crippen LogP contribution in [-0.2, 0) is 6.54 Å². The number of amides is 1. The van der Waals surface area contributed by atoms with Gasteiger partial charge in [-0.05, 0) is 38.1 Å². The molecule has 0 fully saturated rings. The average molecular weight is 285 g/mol. The van der Waals surface area contributed by atoms with Crippen molar-refractivity contribution in [2.24, 2.45) is 0 Å². The Kier molecular flexibility index (Phi) is 4.77. The van der Waals surface area contributed by atoms with Crippen molar-refractivity contribution in [1.29, 1.82) is 0 Å². The van der Waals surface area contributed by atoms with Crippen LogP contribution in [0.2, 0.25) is 0 Å². The highest BCUT2D eigenvalue weighted by molar-refractivity contribution is 5.94. The van der Waals surface area contributed by atoms with E-state index in [1.807, 2.05) is 26.0 Å². The molecule has 1 aromatic heterocycles. The topological polar surface area (TPSA) is 77.2 Å². The largest absolute Gasteiger partial charge is 0.475 e. The zero-order chi connectivity index (χ0) is 15.2. The number of hydrogen-bond donors (Lipinski definition) is 2. The highest BCUT2D eigenvalue weighted by atomic mass is 16.5. The van der Waals surface area contributed by atoms with Crippen LogP contribution in [0.4, 0.5) is 5.69 Å². The van der Waals surface area contributed by atoms with E-state index >= 15 is 0 Å². The van der Waals surface area contributed by atoms with E-state index in [9.17, 15) is 4.79 Å². The van der Waals surface area contributed by atoms with E-state index in [2.05, 4.69) is 10.3 Å². The van der Waals surface area contributed by atoms with Crippen molar-refractivity contribution in [3.63, 3.8) is 0 Å². The van der Waals surface area contributed by atoms with Crippen LogP contribution < -0.4 is 15.8 Å². The average Bonchev–Trinajstić information content (AvgIpc) is 2.45. The molecule has 0 aliphatic rings. The van der Waals surface area contributed by atoms with Crippen LogP contribution in [0.1, 0.15) is 29.8 Å². The SMILES string of the molecule is CC(C)Oc1ncccc1CNC(=O)c1cccc(N)c1. The van der Waals surface area contributed by atoms with Gasteiger partial charge in [-0.15, -0.1) is 0 Å². The maximum Gasteiger partial charge on any atom is 0.251 e. The van der Waals surface area contributed by atoms with Crippen LogP contribution >= 0.6 is 0 Å². The smallest absolute Gasteiger partial charge is 0.251 e. The molecule has 0 unspecified atom stereocenters. The van der Waals surface area contributed by atoms with Crippen LogP contribution in [0, 0.1) is 0 Å². The fraction of sp³-hybridized carbons (Fsp3) is 0.250. The number of anilines is 1. The zero-order valence-corrected chi connectivity index (χ0v) is 12.2. The van der Waals surface area contributed by atoms with Gasteiger partial charge in [0.05, 0.1) is 6.10 Å². The fourth-order valence-electron chi connectivity index (χ4n) is 1.85. The highest BCUT2D eigenvalue weighted by Gasteiger charge is 2.09. The number of nitrogens with two attached hydrogens (primary N) is 1. The van der Waals surface area contributed by atoms with Crippen molar-refractivity contribution >= 4 is 11.6 Å². The minimum Gasteiger partial charge on any atom is -0.475 e. The van der Waals surface area contributed by atoms with Gasteiger partial charge in [0.15, 0.2) is 0 Å². The summed E-state index contributed by atoms with van der Waals surface area (Å²) in [4.78, 5) is 16.3. The lowest BCUT2D eigenvalue weighted by atomic mass is 10.2. The summed E-state index contributed by atoms with van der Waals surface area (Å²) < 4.78 is 5.62. The Morgan fingerprint density at radius 3 is 2.86 bits per heavy atom. The number of aromatic nitrogens is 1. The molecule has 5 nitrogen and oxygen atoms in total. The van der Waals surface area contributed by atoms with E-state index in [1.54, 1.807) is 30.5 Å². The second-order valence-electron chi connectivity index (χ2n) is 4.94. The third-order valence-corrected chi connectivity index (χ3v) is 2.79. The summed E-state index contributed by atoms with van der Waals surface area (Å²) in [6.45, 7) is 4.22. The number of ether oxygens (including phenoxy) is 1. The number of nitrogens with one attached hydrogen (secondary N) is 1. The lowest BCUT2D eigenvalue weighted by Gasteiger charge is -2.13. The molecule has 3 N–H and O–H groups in total.